The number of carbonyl (C=O) groups excluding carboxylic acids is 1. The number of likely N-dealkylation sites (N-methyl/N-ethyl adjacent to an activating group) is 1. The van der Waals surface area contributed by atoms with Gasteiger partial charge in [0, 0.05) is 25.4 Å². The Balaban J connectivity index is 1.85. The van der Waals surface area contributed by atoms with Crippen molar-refractivity contribution in [2.75, 3.05) is 23.4 Å². The Morgan fingerprint density at radius 3 is 2.79 bits per heavy atom. The van der Waals surface area contributed by atoms with Crippen molar-refractivity contribution in [3.05, 3.63) is 46.9 Å². The molecule has 1 aliphatic heterocycles. The predicted molar refractivity (Wildman–Crippen MR) is 96.8 cm³/mol. The van der Waals surface area contributed by atoms with Crippen molar-refractivity contribution in [1.82, 2.24) is 9.97 Å². The number of rotatable bonds is 4. The van der Waals surface area contributed by atoms with E-state index in [2.05, 4.69) is 16.9 Å². The van der Waals surface area contributed by atoms with Crippen LogP contribution in [0.4, 0.5) is 11.5 Å². The minimum Gasteiger partial charge on any atom is -0.347 e. The predicted octanol–water partition coefficient (Wildman–Crippen LogP) is 3.24. The van der Waals surface area contributed by atoms with E-state index in [1.165, 1.54) is 0 Å². The summed E-state index contributed by atoms with van der Waals surface area (Å²) in [5, 5.41) is 0.598. The van der Waals surface area contributed by atoms with E-state index in [0.717, 1.165) is 35.9 Å². The Morgan fingerprint density at radius 1 is 1.33 bits per heavy atom. The minimum atomic E-state index is -0.236. The number of anilines is 2. The highest BCUT2D eigenvalue weighted by Crippen LogP contribution is 2.31. The zero-order valence-electron chi connectivity index (χ0n) is 14.2. The van der Waals surface area contributed by atoms with E-state index in [1.54, 1.807) is 4.90 Å². The number of aromatic nitrogens is 2. The SMILES string of the molecule is CCc1cc(N(C)C2CCN(c3ccccc3Cl)C2=O)nc(C)n1. The molecule has 1 aromatic carbocycles. The molecule has 1 aromatic heterocycles. The van der Waals surface area contributed by atoms with Crippen LogP contribution in [0.2, 0.25) is 5.02 Å². The third-order valence-electron chi connectivity index (χ3n) is 4.39. The number of aryl methyl sites for hydroxylation is 2. The van der Waals surface area contributed by atoms with Gasteiger partial charge in [0.2, 0.25) is 5.91 Å². The van der Waals surface area contributed by atoms with Crippen LogP contribution < -0.4 is 9.80 Å². The van der Waals surface area contributed by atoms with Gasteiger partial charge in [0.1, 0.15) is 17.7 Å². The van der Waals surface area contributed by atoms with Crippen molar-refractivity contribution in [3.63, 3.8) is 0 Å². The van der Waals surface area contributed by atoms with Gasteiger partial charge in [-0.2, -0.15) is 0 Å². The molecule has 0 aliphatic carbocycles. The van der Waals surface area contributed by atoms with E-state index in [-0.39, 0.29) is 11.9 Å². The quantitative estimate of drug-likeness (QED) is 0.854. The third kappa shape index (κ3) is 3.08. The molecule has 0 bridgehead atoms. The summed E-state index contributed by atoms with van der Waals surface area (Å²) in [4.78, 5) is 25.5. The molecule has 1 atom stereocenters. The molecule has 1 aliphatic rings. The molecule has 6 heteroatoms. The highest BCUT2D eigenvalue weighted by Gasteiger charge is 2.36. The third-order valence-corrected chi connectivity index (χ3v) is 4.71. The Hall–Kier alpha value is -2.14. The number of amides is 1. The maximum absolute atomic E-state index is 12.9. The minimum absolute atomic E-state index is 0.0555. The number of para-hydroxylation sites is 1. The summed E-state index contributed by atoms with van der Waals surface area (Å²) in [7, 11) is 1.92. The van der Waals surface area contributed by atoms with Gasteiger partial charge in [-0.1, -0.05) is 30.7 Å². The van der Waals surface area contributed by atoms with Crippen molar-refractivity contribution < 1.29 is 4.79 Å². The van der Waals surface area contributed by atoms with Crippen molar-refractivity contribution >= 4 is 29.0 Å². The molecule has 0 spiro atoms. The summed E-state index contributed by atoms with van der Waals surface area (Å²) in [6, 6.07) is 9.17. The molecule has 24 heavy (non-hydrogen) atoms. The highest BCUT2D eigenvalue weighted by molar-refractivity contribution is 6.34. The van der Waals surface area contributed by atoms with Crippen molar-refractivity contribution in [3.8, 4) is 0 Å². The molecule has 2 aromatic rings. The average Bonchev–Trinajstić information content (AvgIpc) is 2.95. The molecule has 5 nitrogen and oxygen atoms in total. The Kier molecular flexibility index (Phi) is 4.71. The van der Waals surface area contributed by atoms with E-state index in [9.17, 15) is 4.79 Å². The molecule has 1 saturated heterocycles. The lowest BCUT2D eigenvalue weighted by molar-refractivity contribution is -0.118. The summed E-state index contributed by atoms with van der Waals surface area (Å²) < 4.78 is 0. The molecular weight excluding hydrogens is 324 g/mol. The first kappa shape index (κ1) is 16.7. The summed E-state index contributed by atoms with van der Waals surface area (Å²) in [6.07, 6.45) is 1.58. The molecule has 2 heterocycles. The molecule has 1 amide bonds. The van der Waals surface area contributed by atoms with Crippen LogP contribution in [-0.4, -0.2) is 35.5 Å². The van der Waals surface area contributed by atoms with Crippen LogP contribution in [0.1, 0.15) is 24.9 Å². The number of halogens is 1. The molecule has 1 fully saturated rings. The lowest BCUT2D eigenvalue weighted by Gasteiger charge is -2.25. The Morgan fingerprint density at radius 2 is 2.08 bits per heavy atom. The lowest BCUT2D eigenvalue weighted by Crippen LogP contribution is -2.40. The first-order chi connectivity index (χ1) is 11.5. The second kappa shape index (κ2) is 6.77. The summed E-state index contributed by atoms with van der Waals surface area (Å²) in [5.74, 6) is 1.57. The van der Waals surface area contributed by atoms with Gasteiger partial charge in [0.25, 0.3) is 0 Å². The van der Waals surface area contributed by atoms with E-state index in [1.807, 2.05) is 49.2 Å². The van der Waals surface area contributed by atoms with Crippen LogP contribution in [-0.2, 0) is 11.2 Å². The van der Waals surface area contributed by atoms with Crippen LogP contribution in [0.25, 0.3) is 0 Å². The van der Waals surface area contributed by atoms with Crippen molar-refractivity contribution in [2.24, 2.45) is 0 Å². The topological polar surface area (TPSA) is 49.3 Å². The number of benzene rings is 1. The fraction of sp³-hybridized carbons (Fsp3) is 0.389. The summed E-state index contributed by atoms with van der Waals surface area (Å²) in [5.41, 5.74) is 1.76. The van der Waals surface area contributed by atoms with Gasteiger partial charge in [0.05, 0.1) is 10.7 Å². The normalized spacial score (nSPS) is 17.4. The zero-order chi connectivity index (χ0) is 17.3. The van der Waals surface area contributed by atoms with E-state index in [4.69, 9.17) is 11.6 Å². The molecule has 126 valence electrons. The number of hydrogen-bond donors (Lipinski definition) is 0. The maximum Gasteiger partial charge on any atom is 0.249 e. The van der Waals surface area contributed by atoms with Crippen LogP contribution in [0.3, 0.4) is 0 Å². The maximum atomic E-state index is 12.9. The van der Waals surface area contributed by atoms with Crippen molar-refractivity contribution in [1.29, 1.82) is 0 Å². The van der Waals surface area contributed by atoms with E-state index in [0.29, 0.717) is 11.6 Å². The second-order valence-corrected chi connectivity index (χ2v) is 6.38. The van der Waals surface area contributed by atoms with Crippen LogP contribution >= 0.6 is 11.6 Å². The van der Waals surface area contributed by atoms with E-state index >= 15 is 0 Å². The molecular formula is C18H21ClN4O. The van der Waals surface area contributed by atoms with Crippen molar-refractivity contribution in [2.45, 2.75) is 32.7 Å². The van der Waals surface area contributed by atoms with Crippen LogP contribution in [0.5, 0.6) is 0 Å². The summed E-state index contributed by atoms with van der Waals surface area (Å²) >= 11 is 6.25. The molecule has 0 saturated carbocycles. The fourth-order valence-electron chi connectivity index (χ4n) is 3.07. The van der Waals surface area contributed by atoms with Gasteiger partial charge < -0.3 is 9.80 Å². The molecule has 0 N–H and O–H groups in total. The fourth-order valence-corrected chi connectivity index (χ4v) is 3.31. The Bertz CT molecular complexity index is 764. The standard InChI is InChI=1S/C18H21ClN4O/c1-4-13-11-17(21-12(2)20-13)22(3)16-9-10-23(18(16)24)15-8-6-5-7-14(15)19/h5-8,11,16H,4,9-10H2,1-3H3. The van der Waals surface area contributed by atoms with Crippen LogP contribution in [0, 0.1) is 6.92 Å². The van der Waals surface area contributed by atoms with Gasteiger partial charge in [0.15, 0.2) is 0 Å². The van der Waals surface area contributed by atoms with Gasteiger partial charge in [-0.05, 0) is 31.9 Å². The monoisotopic (exact) mass is 344 g/mol. The number of hydrogen-bond acceptors (Lipinski definition) is 4. The van der Waals surface area contributed by atoms with Gasteiger partial charge in [-0.3, -0.25) is 4.79 Å². The highest BCUT2D eigenvalue weighted by atomic mass is 35.5. The van der Waals surface area contributed by atoms with Gasteiger partial charge in [-0.25, -0.2) is 9.97 Å². The number of nitrogens with zero attached hydrogens (tertiary/aromatic N) is 4. The molecule has 1 unspecified atom stereocenters. The Labute approximate surface area is 147 Å². The van der Waals surface area contributed by atoms with E-state index < -0.39 is 0 Å². The lowest BCUT2D eigenvalue weighted by atomic mass is 10.2. The first-order valence-corrected chi connectivity index (χ1v) is 8.52. The first-order valence-electron chi connectivity index (χ1n) is 8.14. The molecule has 3 rings (SSSR count). The van der Waals surface area contributed by atoms with Gasteiger partial charge in [-0.15, -0.1) is 0 Å². The summed E-state index contributed by atoms with van der Waals surface area (Å²) in [6.45, 7) is 4.59. The molecule has 0 radical (unpaired) electrons. The second-order valence-electron chi connectivity index (χ2n) is 5.97. The zero-order valence-corrected chi connectivity index (χ0v) is 14.9. The average molecular weight is 345 g/mol. The smallest absolute Gasteiger partial charge is 0.249 e. The van der Waals surface area contributed by atoms with Gasteiger partial charge >= 0.3 is 0 Å². The van der Waals surface area contributed by atoms with Crippen LogP contribution in [0.15, 0.2) is 30.3 Å². The largest absolute Gasteiger partial charge is 0.347 e. The number of carbonyl (C=O) groups is 1.